The number of benzene rings is 1. The molecule has 0 aliphatic carbocycles. The molecule has 20 heavy (non-hydrogen) atoms. The topological polar surface area (TPSA) is 108 Å². The number of hydrogen-bond acceptors (Lipinski definition) is 4. The van der Waals surface area contributed by atoms with Gasteiger partial charge in [-0.25, -0.2) is 4.79 Å². The van der Waals surface area contributed by atoms with Gasteiger partial charge in [-0.05, 0) is 23.3 Å². The fourth-order valence-electron chi connectivity index (χ4n) is 1.56. The molecule has 102 valence electrons. The number of carbonyl (C=O) groups is 2. The molecule has 0 aliphatic rings. The Labute approximate surface area is 114 Å². The van der Waals surface area contributed by atoms with Crippen molar-refractivity contribution in [1.82, 2.24) is 20.7 Å². The summed E-state index contributed by atoms with van der Waals surface area (Å²) in [5.41, 5.74) is 1.82. The van der Waals surface area contributed by atoms with Crippen LogP contribution in [0.4, 0.5) is 0 Å². The molecule has 2 rings (SSSR count). The summed E-state index contributed by atoms with van der Waals surface area (Å²) in [6, 6.07) is 7.20. The van der Waals surface area contributed by atoms with Crippen molar-refractivity contribution in [3.05, 3.63) is 53.4 Å². The van der Waals surface area contributed by atoms with Crippen molar-refractivity contribution >= 4 is 18.0 Å². The van der Waals surface area contributed by atoms with E-state index >= 15 is 0 Å². The third kappa shape index (κ3) is 3.77. The van der Waals surface area contributed by atoms with Gasteiger partial charge in [0.25, 0.3) is 5.91 Å². The minimum atomic E-state index is -1.00. The lowest BCUT2D eigenvalue weighted by atomic mass is 10.1. The summed E-state index contributed by atoms with van der Waals surface area (Å²) in [5.74, 6) is -1.33. The van der Waals surface area contributed by atoms with Gasteiger partial charge in [-0.2, -0.15) is 15.4 Å². The summed E-state index contributed by atoms with van der Waals surface area (Å²) in [7, 11) is 0. The summed E-state index contributed by atoms with van der Waals surface area (Å²) < 4.78 is 0. The Morgan fingerprint density at radius 3 is 2.95 bits per heavy atom. The molecule has 7 nitrogen and oxygen atoms in total. The van der Waals surface area contributed by atoms with Gasteiger partial charge in [0.1, 0.15) is 0 Å². The SMILES string of the molecule is O=C(O)/C=C/c1cccc(CNC(=O)c2cn[nH]n2)c1. The van der Waals surface area contributed by atoms with E-state index in [1.54, 1.807) is 18.2 Å². The number of nitrogens with zero attached hydrogens (tertiary/aromatic N) is 2. The molecular weight excluding hydrogens is 260 g/mol. The van der Waals surface area contributed by atoms with Crippen molar-refractivity contribution in [2.75, 3.05) is 0 Å². The van der Waals surface area contributed by atoms with Crippen LogP contribution in [0.3, 0.4) is 0 Å². The van der Waals surface area contributed by atoms with Gasteiger partial charge in [-0.15, -0.1) is 0 Å². The van der Waals surface area contributed by atoms with E-state index in [-0.39, 0.29) is 11.6 Å². The molecule has 1 aromatic carbocycles. The van der Waals surface area contributed by atoms with Gasteiger partial charge in [0, 0.05) is 12.6 Å². The molecule has 7 heteroatoms. The zero-order chi connectivity index (χ0) is 14.4. The zero-order valence-corrected chi connectivity index (χ0v) is 10.4. The smallest absolute Gasteiger partial charge is 0.328 e. The van der Waals surface area contributed by atoms with E-state index in [0.29, 0.717) is 6.54 Å². The van der Waals surface area contributed by atoms with Crippen LogP contribution in [0.15, 0.2) is 36.5 Å². The number of H-pyrrole nitrogens is 1. The molecule has 3 N–H and O–H groups in total. The first-order valence-corrected chi connectivity index (χ1v) is 5.79. The van der Waals surface area contributed by atoms with E-state index in [1.807, 2.05) is 6.07 Å². The van der Waals surface area contributed by atoms with Crippen molar-refractivity contribution in [3.63, 3.8) is 0 Å². The molecule has 0 saturated heterocycles. The molecule has 0 atom stereocenters. The lowest BCUT2D eigenvalue weighted by molar-refractivity contribution is -0.131. The fraction of sp³-hybridized carbons (Fsp3) is 0.0769. The Balaban J connectivity index is 1.98. The molecule has 1 aromatic heterocycles. The number of nitrogens with one attached hydrogen (secondary N) is 2. The van der Waals surface area contributed by atoms with Crippen molar-refractivity contribution in [2.45, 2.75) is 6.54 Å². The molecule has 2 aromatic rings. The van der Waals surface area contributed by atoms with Crippen LogP contribution < -0.4 is 5.32 Å². The Morgan fingerprint density at radius 2 is 2.25 bits per heavy atom. The van der Waals surface area contributed by atoms with Gasteiger partial charge in [0.15, 0.2) is 5.69 Å². The van der Waals surface area contributed by atoms with Crippen LogP contribution in [0, 0.1) is 0 Å². The first-order chi connectivity index (χ1) is 9.65. The highest BCUT2D eigenvalue weighted by Gasteiger charge is 2.07. The summed E-state index contributed by atoms with van der Waals surface area (Å²) in [4.78, 5) is 22.1. The van der Waals surface area contributed by atoms with Crippen LogP contribution in [0.25, 0.3) is 6.08 Å². The van der Waals surface area contributed by atoms with Gasteiger partial charge < -0.3 is 10.4 Å². The van der Waals surface area contributed by atoms with Gasteiger partial charge in [0.2, 0.25) is 0 Å². The number of carboxylic acids is 1. The highest BCUT2D eigenvalue weighted by Crippen LogP contribution is 2.07. The second-order valence-electron chi connectivity index (χ2n) is 3.95. The summed E-state index contributed by atoms with van der Waals surface area (Å²) in [6.07, 6.45) is 3.89. The predicted octanol–water partition coefficient (Wildman–Crippen LogP) is 0.832. The quantitative estimate of drug-likeness (QED) is 0.699. The Morgan fingerprint density at radius 1 is 1.40 bits per heavy atom. The maximum atomic E-state index is 11.7. The summed E-state index contributed by atoms with van der Waals surface area (Å²) >= 11 is 0. The molecule has 0 saturated carbocycles. The van der Waals surface area contributed by atoms with E-state index < -0.39 is 5.97 Å². The maximum absolute atomic E-state index is 11.7. The van der Waals surface area contributed by atoms with Crippen LogP contribution in [0.5, 0.6) is 0 Å². The molecule has 1 heterocycles. The molecule has 0 spiro atoms. The van der Waals surface area contributed by atoms with Crippen molar-refractivity contribution in [2.24, 2.45) is 0 Å². The standard InChI is InChI=1S/C13H12N4O3/c18-12(19)5-4-9-2-1-3-10(6-9)7-14-13(20)11-8-15-17-16-11/h1-6,8H,7H2,(H,14,20)(H,18,19)(H,15,16,17)/b5-4+. The average Bonchev–Trinajstić information content (AvgIpc) is 2.97. The Bertz CT molecular complexity index is 635. The van der Waals surface area contributed by atoms with Gasteiger partial charge in [-0.3, -0.25) is 4.79 Å². The van der Waals surface area contributed by atoms with E-state index in [9.17, 15) is 9.59 Å². The normalized spacial score (nSPS) is 10.6. The van der Waals surface area contributed by atoms with Crippen molar-refractivity contribution < 1.29 is 14.7 Å². The minimum absolute atomic E-state index is 0.215. The molecular formula is C13H12N4O3. The molecule has 0 aliphatic heterocycles. The maximum Gasteiger partial charge on any atom is 0.328 e. The molecule has 0 fully saturated rings. The molecule has 0 bridgehead atoms. The number of rotatable bonds is 5. The minimum Gasteiger partial charge on any atom is -0.478 e. The highest BCUT2D eigenvalue weighted by molar-refractivity contribution is 5.91. The van der Waals surface area contributed by atoms with E-state index in [2.05, 4.69) is 20.7 Å². The van der Waals surface area contributed by atoms with Crippen LogP contribution >= 0.6 is 0 Å². The third-order valence-corrected chi connectivity index (χ3v) is 2.47. The zero-order valence-electron chi connectivity index (χ0n) is 10.4. The van der Waals surface area contributed by atoms with Crippen LogP contribution in [-0.2, 0) is 11.3 Å². The largest absolute Gasteiger partial charge is 0.478 e. The lowest BCUT2D eigenvalue weighted by Gasteiger charge is -2.04. The number of aromatic nitrogens is 3. The van der Waals surface area contributed by atoms with Crippen LogP contribution in [-0.4, -0.2) is 32.4 Å². The van der Waals surface area contributed by atoms with Gasteiger partial charge in [-0.1, -0.05) is 18.2 Å². The monoisotopic (exact) mass is 272 g/mol. The van der Waals surface area contributed by atoms with Crippen LogP contribution in [0.1, 0.15) is 21.6 Å². The molecule has 1 amide bonds. The van der Waals surface area contributed by atoms with Gasteiger partial charge >= 0.3 is 5.97 Å². The van der Waals surface area contributed by atoms with Crippen molar-refractivity contribution in [1.29, 1.82) is 0 Å². The second kappa shape index (κ2) is 6.28. The summed E-state index contributed by atoms with van der Waals surface area (Å²) in [6.45, 7) is 0.320. The fourth-order valence-corrected chi connectivity index (χ4v) is 1.56. The van der Waals surface area contributed by atoms with E-state index in [4.69, 9.17) is 5.11 Å². The van der Waals surface area contributed by atoms with Crippen LogP contribution in [0.2, 0.25) is 0 Å². The second-order valence-corrected chi connectivity index (χ2v) is 3.95. The number of aliphatic carboxylic acids is 1. The highest BCUT2D eigenvalue weighted by atomic mass is 16.4. The van der Waals surface area contributed by atoms with Gasteiger partial charge in [0.05, 0.1) is 6.20 Å². The first-order valence-electron chi connectivity index (χ1n) is 5.79. The number of carboxylic acid groups (broad SMARTS) is 1. The number of carbonyl (C=O) groups excluding carboxylic acids is 1. The Hall–Kier alpha value is -2.96. The van der Waals surface area contributed by atoms with Crippen molar-refractivity contribution in [3.8, 4) is 0 Å². The first kappa shape index (κ1) is 13.5. The summed E-state index contributed by atoms with van der Waals surface area (Å²) in [5, 5.41) is 20.8. The third-order valence-electron chi connectivity index (χ3n) is 2.47. The average molecular weight is 272 g/mol. The molecule has 0 radical (unpaired) electrons. The van der Waals surface area contributed by atoms with E-state index in [0.717, 1.165) is 17.2 Å². The molecule has 0 unspecified atom stereocenters. The lowest BCUT2D eigenvalue weighted by Crippen LogP contribution is -2.23. The predicted molar refractivity (Wildman–Crippen MR) is 70.7 cm³/mol. The number of amides is 1. The van der Waals surface area contributed by atoms with E-state index in [1.165, 1.54) is 12.3 Å². The number of hydrogen-bond donors (Lipinski definition) is 3. The number of aromatic amines is 1. The Kier molecular flexibility index (Phi) is 4.23.